The van der Waals surface area contributed by atoms with Crippen LogP contribution in [0.25, 0.3) is 0 Å². The lowest BCUT2D eigenvalue weighted by atomic mass is 9.86. The summed E-state index contributed by atoms with van der Waals surface area (Å²) >= 11 is 0. The molecule has 1 atom stereocenters. The molecule has 5 nitrogen and oxygen atoms in total. The second-order valence-corrected chi connectivity index (χ2v) is 8.52. The molecule has 0 radical (unpaired) electrons. The Hall–Kier alpha value is -2.40. The lowest BCUT2D eigenvalue weighted by molar-refractivity contribution is 0.1000. The molecule has 154 valence electrons. The monoisotopic (exact) mass is 393 g/mol. The SMILES string of the molecule is NC(=O)c1ccc(Oc2ccc(C3CCCN(CC4CCCCC4)C3)cc2)nc1. The number of hydrogen-bond acceptors (Lipinski definition) is 4. The number of hydrogen-bond donors (Lipinski definition) is 1. The minimum Gasteiger partial charge on any atom is -0.439 e. The summed E-state index contributed by atoms with van der Waals surface area (Å²) in [5.41, 5.74) is 7.01. The van der Waals surface area contributed by atoms with Gasteiger partial charge >= 0.3 is 0 Å². The fourth-order valence-electron chi connectivity index (χ4n) is 4.74. The minimum absolute atomic E-state index is 0.378. The summed E-state index contributed by atoms with van der Waals surface area (Å²) in [6.45, 7) is 3.71. The highest BCUT2D eigenvalue weighted by atomic mass is 16.5. The first-order valence-corrected chi connectivity index (χ1v) is 10.9. The van der Waals surface area contributed by atoms with E-state index in [1.54, 1.807) is 12.1 Å². The standard InChI is InChI=1S/C24H31N3O2/c25-24(28)20-10-13-23(26-15-20)29-22-11-8-19(9-12-22)21-7-4-14-27(17-21)16-18-5-2-1-3-6-18/h8-13,15,18,21H,1-7,14,16-17H2,(H2,25,28). The van der Waals surface area contributed by atoms with Gasteiger partial charge in [0.1, 0.15) is 5.75 Å². The van der Waals surface area contributed by atoms with Gasteiger partial charge in [-0.2, -0.15) is 0 Å². The number of rotatable bonds is 6. The third kappa shape index (κ3) is 5.36. The van der Waals surface area contributed by atoms with Crippen LogP contribution in [0, 0.1) is 5.92 Å². The van der Waals surface area contributed by atoms with Crippen molar-refractivity contribution >= 4 is 5.91 Å². The second kappa shape index (κ2) is 9.40. The van der Waals surface area contributed by atoms with E-state index in [1.807, 2.05) is 12.1 Å². The first kappa shape index (κ1) is 19.9. The number of carbonyl (C=O) groups excluding carboxylic acids is 1. The Bertz CT molecular complexity index is 798. The Labute approximate surface area is 173 Å². The number of amides is 1. The second-order valence-electron chi connectivity index (χ2n) is 8.52. The number of aromatic nitrogens is 1. The predicted octanol–water partition coefficient (Wildman–Crippen LogP) is 4.73. The van der Waals surface area contributed by atoms with Gasteiger partial charge in [0, 0.05) is 25.4 Å². The molecule has 5 heteroatoms. The van der Waals surface area contributed by atoms with Crippen molar-refractivity contribution in [2.75, 3.05) is 19.6 Å². The molecule has 0 bridgehead atoms. The zero-order valence-electron chi connectivity index (χ0n) is 17.1. The van der Waals surface area contributed by atoms with Crippen molar-refractivity contribution in [2.45, 2.75) is 50.9 Å². The van der Waals surface area contributed by atoms with Gasteiger partial charge in [-0.25, -0.2) is 4.98 Å². The van der Waals surface area contributed by atoms with Crippen LogP contribution in [0.4, 0.5) is 0 Å². The summed E-state index contributed by atoms with van der Waals surface area (Å²) in [5.74, 6) is 2.24. The van der Waals surface area contributed by atoms with Crippen LogP contribution in [0.5, 0.6) is 11.6 Å². The number of nitrogens with zero attached hydrogens (tertiary/aromatic N) is 2. The molecule has 2 N–H and O–H groups in total. The number of carbonyl (C=O) groups is 1. The quantitative estimate of drug-likeness (QED) is 0.770. The molecule has 1 aromatic heterocycles. The molecule has 1 saturated heterocycles. The fourth-order valence-corrected chi connectivity index (χ4v) is 4.74. The largest absolute Gasteiger partial charge is 0.439 e. The molecule has 2 aliphatic rings. The normalized spacial score (nSPS) is 21.0. The lowest BCUT2D eigenvalue weighted by Gasteiger charge is -2.36. The van der Waals surface area contributed by atoms with E-state index >= 15 is 0 Å². The van der Waals surface area contributed by atoms with Crippen LogP contribution < -0.4 is 10.5 Å². The van der Waals surface area contributed by atoms with Gasteiger partial charge in [-0.05, 0) is 67.8 Å². The number of primary amides is 1. The fraction of sp³-hybridized carbons (Fsp3) is 0.500. The zero-order chi connectivity index (χ0) is 20.1. The molecule has 0 spiro atoms. The summed E-state index contributed by atoms with van der Waals surface area (Å²) in [7, 11) is 0. The molecule has 2 aromatic rings. The summed E-state index contributed by atoms with van der Waals surface area (Å²) in [4.78, 5) is 18.0. The number of pyridine rings is 1. The Kier molecular flexibility index (Phi) is 6.45. The molecular formula is C24H31N3O2. The predicted molar refractivity (Wildman–Crippen MR) is 114 cm³/mol. The van der Waals surface area contributed by atoms with E-state index < -0.39 is 5.91 Å². The van der Waals surface area contributed by atoms with E-state index in [1.165, 1.54) is 76.3 Å². The maximum absolute atomic E-state index is 11.1. The average molecular weight is 394 g/mol. The molecule has 1 aliphatic heterocycles. The van der Waals surface area contributed by atoms with Gasteiger partial charge in [-0.1, -0.05) is 31.4 Å². The Morgan fingerprint density at radius 1 is 1.03 bits per heavy atom. The molecule has 1 aromatic carbocycles. The van der Waals surface area contributed by atoms with E-state index in [0.717, 1.165) is 11.7 Å². The van der Waals surface area contributed by atoms with Crippen molar-refractivity contribution in [3.05, 3.63) is 53.7 Å². The molecule has 1 unspecified atom stereocenters. The van der Waals surface area contributed by atoms with E-state index in [-0.39, 0.29) is 0 Å². The van der Waals surface area contributed by atoms with Gasteiger partial charge < -0.3 is 15.4 Å². The van der Waals surface area contributed by atoms with Gasteiger partial charge in [0.25, 0.3) is 0 Å². The van der Waals surface area contributed by atoms with Gasteiger partial charge in [0.05, 0.1) is 5.56 Å². The highest BCUT2D eigenvalue weighted by molar-refractivity contribution is 5.92. The smallest absolute Gasteiger partial charge is 0.250 e. The molecular weight excluding hydrogens is 362 g/mol. The van der Waals surface area contributed by atoms with E-state index in [4.69, 9.17) is 10.5 Å². The number of benzene rings is 1. The zero-order valence-corrected chi connectivity index (χ0v) is 17.1. The molecule has 4 rings (SSSR count). The first-order chi connectivity index (χ1) is 14.2. The van der Waals surface area contributed by atoms with Crippen LogP contribution in [-0.2, 0) is 0 Å². The Morgan fingerprint density at radius 3 is 2.52 bits per heavy atom. The summed E-state index contributed by atoms with van der Waals surface area (Å²) in [6, 6.07) is 11.7. The van der Waals surface area contributed by atoms with Crippen LogP contribution in [0.3, 0.4) is 0 Å². The van der Waals surface area contributed by atoms with Crippen molar-refractivity contribution in [2.24, 2.45) is 11.7 Å². The van der Waals surface area contributed by atoms with Crippen molar-refractivity contribution in [1.29, 1.82) is 0 Å². The van der Waals surface area contributed by atoms with Crippen LogP contribution in [0.1, 0.15) is 66.8 Å². The topological polar surface area (TPSA) is 68.5 Å². The van der Waals surface area contributed by atoms with Gasteiger partial charge in [-0.3, -0.25) is 4.79 Å². The van der Waals surface area contributed by atoms with Crippen LogP contribution in [0.15, 0.2) is 42.6 Å². The molecule has 1 saturated carbocycles. The van der Waals surface area contributed by atoms with Crippen LogP contribution in [0.2, 0.25) is 0 Å². The first-order valence-electron chi connectivity index (χ1n) is 10.9. The van der Waals surface area contributed by atoms with E-state index in [0.29, 0.717) is 17.4 Å². The Balaban J connectivity index is 1.33. The van der Waals surface area contributed by atoms with Crippen molar-refractivity contribution in [1.82, 2.24) is 9.88 Å². The lowest BCUT2D eigenvalue weighted by Crippen LogP contribution is -2.38. The summed E-state index contributed by atoms with van der Waals surface area (Å²) in [5, 5.41) is 0. The number of likely N-dealkylation sites (tertiary alicyclic amines) is 1. The highest BCUT2D eigenvalue weighted by Gasteiger charge is 2.24. The minimum atomic E-state index is -0.488. The van der Waals surface area contributed by atoms with E-state index in [2.05, 4.69) is 22.0 Å². The van der Waals surface area contributed by atoms with E-state index in [9.17, 15) is 4.79 Å². The Morgan fingerprint density at radius 2 is 1.83 bits per heavy atom. The van der Waals surface area contributed by atoms with Crippen LogP contribution in [-0.4, -0.2) is 35.4 Å². The molecule has 29 heavy (non-hydrogen) atoms. The number of ether oxygens (including phenoxy) is 1. The number of piperidine rings is 1. The van der Waals surface area contributed by atoms with Crippen molar-refractivity contribution < 1.29 is 9.53 Å². The molecule has 1 aliphatic carbocycles. The molecule has 1 amide bonds. The summed E-state index contributed by atoms with van der Waals surface area (Å²) in [6.07, 6.45) is 11.1. The van der Waals surface area contributed by atoms with Gasteiger partial charge in [0.2, 0.25) is 11.8 Å². The summed E-state index contributed by atoms with van der Waals surface area (Å²) < 4.78 is 5.80. The third-order valence-electron chi connectivity index (χ3n) is 6.34. The maximum atomic E-state index is 11.1. The third-order valence-corrected chi connectivity index (χ3v) is 6.34. The average Bonchev–Trinajstić information content (AvgIpc) is 2.76. The van der Waals surface area contributed by atoms with Crippen LogP contribution >= 0.6 is 0 Å². The van der Waals surface area contributed by atoms with Gasteiger partial charge in [-0.15, -0.1) is 0 Å². The highest BCUT2D eigenvalue weighted by Crippen LogP contribution is 2.31. The maximum Gasteiger partial charge on any atom is 0.250 e. The number of nitrogens with two attached hydrogens (primary N) is 1. The molecule has 2 fully saturated rings. The van der Waals surface area contributed by atoms with Crippen molar-refractivity contribution in [3.63, 3.8) is 0 Å². The molecule has 2 heterocycles. The van der Waals surface area contributed by atoms with Gasteiger partial charge in [0.15, 0.2) is 0 Å². The van der Waals surface area contributed by atoms with Crippen molar-refractivity contribution in [3.8, 4) is 11.6 Å².